The minimum absolute atomic E-state index is 0.0465. The summed E-state index contributed by atoms with van der Waals surface area (Å²) >= 11 is 1.45. The average molecular weight is 416 g/mol. The normalized spacial score (nSPS) is 19.9. The van der Waals surface area contributed by atoms with Gasteiger partial charge in [-0.05, 0) is 31.2 Å². The smallest absolute Gasteiger partial charge is 0.410 e. The molecule has 4 rings (SSSR count). The summed E-state index contributed by atoms with van der Waals surface area (Å²) in [6.07, 6.45) is 4.25. The number of benzene rings is 1. The summed E-state index contributed by atoms with van der Waals surface area (Å²) in [7, 11) is 0. The number of carbonyl (C=O) groups excluding carboxylic acids is 2. The van der Waals surface area contributed by atoms with Gasteiger partial charge in [0, 0.05) is 37.4 Å². The number of anilines is 1. The Kier molecular flexibility index (Phi) is 6.41. The van der Waals surface area contributed by atoms with Gasteiger partial charge in [-0.1, -0.05) is 30.3 Å². The molecule has 154 valence electrons. The molecule has 8 heteroatoms. The van der Waals surface area contributed by atoms with Crippen LogP contribution in [0.15, 0.2) is 41.9 Å². The average Bonchev–Trinajstić information content (AvgIpc) is 3.46. The van der Waals surface area contributed by atoms with Crippen molar-refractivity contribution in [1.29, 1.82) is 0 Å². The molecule has 2 saturated heterocycles. The van der Waals surface area contributed by atoms with Gasteiger partial charge in [0.25, 0.3) is 5.91 Å². The van der Waals surface area contributed by atoms with Gasteiger partial charge in [0.1, 0.15) is 12.6 Å². The second-order valence-corrected chi connectivity index (χ2v) is 8.13. The highest BCUT2D eigenvalue weighted by atomic mass is 32.1. The van der Waals surface area contributed by atoms with Crippen molar-refractivity contribution in [2.45, 2.75) is 44.4 Å². The van der Waals surface area contributed by atoms with Crippen LogP contribution in [0.2, 0.25) is 0 Å². The molecular weight excluding hydrogens is 390 g/mol. The zero-order valence-electron chi connectivity index (χ0n) is 16.2. The molecule has 2 aliphatic heterocycles. The molecular formula is C21H25N3O4S. The van der Waals surface area contributed by atoms with Crippen LogP contribution < -0.4 is 4.90 Å². The second-order valence-electron chi connectivity index (χ2n) is 7.26. The van der Waals surface area contributed by atoms with Crippen molar-refractivity contribution < 1.29 is 19.1 Å². The first-order valence-electron chi connectivity index (χ1n) is 10.0. The van der Waals surface area contributed by atoms with E-state index >= 15 is 0 Å². The standard InChI is InChI=1S/C21H25N3O4S/c25-19(24(20-22-10-14-29-20)17-8-12-27-13-9-17)18-7-4-11-23(18)21(26)28-15-16-5-2-1-3-6-16/h1-3,5-6,10,14,17-18H,4,7-9,11-13,15H2. The molecule has 2 aliphatic rings. The molecule has 2 aromatic rings. The lowest BCUT2D eigenvalue weighted by Crippen LogP contribution is -2.52. The van der Waals surface area contributed by atoms with E-state index in [4.69, 9.17) is 9.47 Å². The van der Waals surface area contributed by atoms with E-state index in [1.54, 1.807) is 16.0 Å². The molecule has 2 fully saturated rings. The van der Waals surface area contributed by atoms with E-state index in [9.17, 15) is 9.59 Å². The van der Waals surface area contributed by atoms with Gasteiger partial charge in [-0.15, -0.1) is 11.3 Å². The summed E-state index contributed by atoms with van der Waals surface area (Å²) in [6, 6.07) is 9.10. The van der Waals surface area contributed by atoms with Gasteiger partial charge in [-0.2, -0.15) is 0 Å². The fourth-order valence-electron chi connectivity index (χ4n) is 3.91. The van der Waals surface area contributed by atoms with Crippen LogP contribution in [0.5, 0.6) is 0 Å². The second kappa shape index (κ2) is 9.37. The quantitative estimate of drug-likeness (QED) is 0.748. The van der Waals surface area contributed by atoms with E-state index in [0.29, 0.717) is 31.3 Å². The number of thiazole rings is 1. The van der Waals surface area contributed by atoms with Gasteiger partial charge in [0.05, 0.1) is 0 Å². The third kappa shape index (κ3) is 4.59. The van der Waals surface area contributed by atoms with Gasteiger partial charge in [-0.25, -0.2) is 9.78 Å². The largest absolute Gasteiger partial charge is 0.445 e. The van der Waals surface area contributed by atoms with Crippen molar-refractivity contribution in [1.82, 2.24) is 9.88 Å². The van der Waals surface area contributed by atoms with Crippen LogP contribution in [0.1, 0.15) is 31.2 Å². The molecule has 7 nitrogen and oxygen atoms in total. The number of aromatic nitrogens is 1. The monoisotopic (exact) mass is 415 g/mol. The van der Waals surface area contributed by atoms with Crippen LogP contribution in [0.25, 0.3) is 0 Å². The Bertz CT molecular complexity index is 809. The third-order valence-corrected chi connectivity index (χ3v) is 6.17. The van der Waals surface area contributed by atoms with E-state index in [1.165, 1.54) is 11.3 Å². The maximum Gasteiger partial charge on any atom is 0.410 e. The highest BCUT2D eigenvalue weighted by Crippen LogP contribution is 2.29. The predicted molar refractivity (Wildman–Crippen MR) is 110 cm³/mol. The highest BCUT2D eigenvalue weighted by Gasteiger charge is 2.41. The molecule has 0 N–H and O–H groups in total. The molecule has 0 radical (unpaired) electrons. The third-order valence-electron chi connectivity index (χ3n) is 5.40. The molecule has 1 aromatic heterocycles. The topological polar surface area (TPSA) is 72.0 Å². The summed E-state index contributed by atoms with van der Waals surface area (Å²) in [4.78, 5) is 34.0. The fourth-order valence-corrected chi connectivity index (χ4v) is 4.63. The van der Waals surface area contributed by atoms with Crippen LogP contribution in [0, 0.1) is 0 Å². The number of rotatable bonds is 5. The van der Waals surface area contributed by atoms with Crippen molar-refractivity contribution in [3.63, 3.8) is 0 Å². The molecule has 0 spiro atoms. The number of carbonyl (C=O) groups is 2. The maximum absolute atomic E-state index is 13.5. The molecule has 0 saturated carbocycles. The summed E-state index contributed by atoms with van der Waals surface area (Å²) in [5, 5.41) is 2.56. The Morgan fingerprint density at radius 3 is 2.72 bits per heavy atom. The lowest BCUT2D eigenvalue weighted by molar-refractivity contribution is -0.123. The van der Waals surface area contributed by atoms with Gasteiger partial charge in [0.2, 0.25) is 0 Å². The highest BCUT2D eigenvalue weighted by molar-refractivity contribution is 7.13. The Labute approximate surface area is 174 Å². The Morgan fingerprint density at radius 2 is 2.00 bits per heavy atom. The zero-order valence-corrected chi connectivity index (χ0v) is 17.1. The van der Waals surface area contributed by atoms with Crippen molar-refractivity contribution >= 4 is 28.5 Å². The molecule has 1 unspecified atom stereocenters. The number of nitrogens with zero attached hydrogens (tertiary/aromatic N) is 3. The first kappa shape index (κ1) is 19.8. The van der Waals surface area contributed by atoms with Gasteiger partial charge < -0.3 is 9.47 Å². The predicted octanol–water partition coefficient (Wildman–Crippen LogP) is 3.46. The number of hydrogen-bond donors (Lipinski definition) is 0. The van der Waals surface area contributed by atoms with E-state index in [2.05, 4.69) is 4.98 Å². The Morgan fingerprint density at radius 1 is 1.21 bits per heavy atom. The lowest BCUT2D eigenvalue weighted by Gasteiger charge is -2.35. The minimum atomic E-state index is -0.509. The number of likely N-dealkylation sites (tertiary alicyclic amines) is 1. The van der Waals surface area contributed by atoms with Crippen LogP contribution >= 0.6 is 11.3 Å². The Balaban J connectivity index is 1.47. The maximum atomic E-state index is 13.5. The fraction of sp³-hybridized carbons (Fsp3) is 0.476. The summed E-state index contributed by atoms with van der Waals surface area (Å²) in [5.74, 6) is -0.0685. The SMILES string of the molecule is O=C(OCc1ccccc1)N1CCCC1C(=O)N(c1nccs1)C1CCOCC1. The number of hydrogen-bond acceptors (Lipinski definition) is 6. The van der Waals surface area contributed by atoms with Gasteiger partial charge in [-0.3, -0.25) is 14.6 Å². The van der Waals surface area contributed by atoms with E-state index in [0.717, 1.165) is 24.8 Å². The molecule has 3 heterocycles. The van der Waals surface area contributed by atoms with Crippen LogP contribution in [0.4, 0.5) is 9.93 Å². The first-order valence-corrected chi connectivity index (χ1v) is 10.9. The summed E-state index contributed by atoms with van der Waals surface area (Å²) in [6.45, 7) is 2.00. The van der Waals surface area contributed by atoms with Crippen LogP contribution in [-0.2, 0) is 20.9 Å². The minimum Gasteiger partial charge on any atom is -0.445 e. The van der Waals surface area contributed by atoms with Gasteiger partial charge in [0.15, 0.2) is 5.13 Å². The molecule has 2 amide bonds. The zero-order chi connectivity index (χ0) is 20.1. The summed E-state index contributed by atoms with van der Waals surface area (Å²) in [5.41, 5.74) is 0.926. The number of amides is 2. The van der Waals surface area contributed by atoms with Crippen molar-refractivity contribution in [2.24, 2.45) is 0 Å². The molecule has 1 aromatic carbocycles. The van der Waals surface area contributed by atoms with Crippen molar-refractivity contribution in [3.05, 3.63) is 47.5 Å². The summed E-state index contributed by atoms with van der Waals surface area (Å²) < 4.78 is 11.0. The van der Waals surface area contributed by atoms with Crippen molar-refractivity contribution in [3.8, 4) is 0 Å². The van der Waals surface area contributed by atoms with Crippen LogP contribution in [-0.4, -0.2) is 53.7 Å². The molecule has 0 aliphatic carbocycles. The van der Waals surface area contributed by atoms with Crippen molar-refractivity contribution in [2.75, 3.05) is 24.7 Å². The van der Waals surface area contributed by atoms with Crippen LogP contribution in [0.3, 0.4) is 0 Å². The Hall–Kier alpha value is -2.45. The number of ether oxygens (including phenoxy) is 2. The molecule has 0 bridgehead atoms. The molecule has 1 atom stereocenters. The van der Waals surface area contributed by atoms with E-state index in [-0.39, 0.29) is 18.6 Å². The van der Waals surface area contributed by atoms with E-state index in [1.807, 2.05) is 35.7 Å². The van der Waals surface area contributed by atoms with Gasteiger partial charge >= 0.3 is 6.09 Å². The van der Waals surface area contributed by atoms with E-state index < -0.39 is 12.1 Å². The first-order chi connectivity index (χ1) is 14.2. The molecule has 29 heavy (non-hydrogen) atoms. The lowest BCUT2D eigenvalue weighted by atomic mass is 10.1.